The highest BCUT2D eigenvalue weighted by molar-refractivity contribution is 14.0. The van der Waals surface area contributed by atoms with Gasteiger partial charge in [-0.05, 0) is 36.8 Å². The van der Waals surface area contributed by atoms with Crippen molar-refractivity contribution >= 4 is 35.6 Å². The summed E-state index contributed by atoms with van der Waals surface area (Å²) in [5, 5.41) is 3.39. The minimum Gasteiger partial charge on any atom is -0.378 e. The molecule has 0 saturated carbocycles. The van der Waals surface area contributed by atoms with Crippen LogP contribution in [0.5, 0.6) is 0 Å². The van der Waals surface area contributed by atoms with Gasteiger partial charge in [0.25, 0.3) is 0 Å². The highest BCUT2D eigenvalue weighted by Gasteiger charge is 2.11. The van der Waals surface area contributed by atoms with Crippen molar-refractivity contribution < 1.29 is 4.74 Å². The van der Waals surface area contributed by atoms with E-state index in [9.17, 15) is 0 Å². The summed E-state index contributed by atoms with van der Waals surface area (Å²) in [4.78, 5) is 9.36. The third-order valence-corrected chi connectivity index (χ3v) is 4.87. The molecular formula is C21H32IN5O. The minimum absolute atomic E-state index is 0. The molecule has 0 atom stereocenters. The number of nitrogens with zero attached hydrogens (tertiary/aromatic N) is 4. The summed E-state index contributed by atoms with van der Waals surface area (Å²) in [6.45, 7) is 8.00. The van der Waals surface area contributed by atoms with Gasteiger partial charge >= 0.3 is 0 Å². The molecule has 28 heavy (non-hydrogen) atoms. The maximum Gasteiger partial charge on any atom is 0.194 e. The fourth-order valence-corrected chi connectivity index (χ4v) is 3.25. The smallest absolute Gasteiger partial charge is 0.194 e. The number of rotatable bonds is 6. The predicted octanol–water partition coefficient (Wildman–Crippen LogP) is 3.08. The van der Waals surface area contributed by atoms with E-state index >= 15 is 0 Å². The average Bonchev–Trinajstić information content (AvgIpc) is 3.10. The van der Waals surface area contributed by atoms with Crippen molar-refractivity contribution in [1.82, 2.24) is 14.8 Å². The van der Waals surface area contributed by atoms with Gasteiger partial charge in [-0.25, -0.2) is 4.99 Å². The Labute approximate surface area is 185 Å². The molecule has 1 N–H and O–H groups in total. The number of aromatic nitrogens is 1. The van der Waals surface area contributed by atoms with Crippen molar-refractivity contribution in [2.24, 2.45) is 12.0 Å². The molecule has 7 heteroatoms. The van der Waals surface area contributed by atoms with Gasteiger partial charge in [0.05, 0.1) is 26.3 Å². The SMILES string of the molecule is CCNC(=NCc1ccc(N2CCOCC2)cc1)N(C)Cc1cccn1C.I. The van der Waals surface area contributed by atoms with Gasteiger partial charge in [0.2, 0.25) is 0 Å². The first-order chi connectivity index (χ1) is 13.2. The molecule has 0 bridgehead atoms. The van der Waals surface area contributed by atoms with E-state index in [4.69, 9.17) is 9.73 Å². The van der Waals surface area contributed by atoms with Gasteiger partial charge in [0.15, 0.2) is 5.96 Å². The second-order valence-electron chi connectivity index (χ2n) is 6.90. The van der Waals surface area contributed by atoms with Crippen LogP contribution in [0.3, 0.4) is 0 Å². The quantitative estimate of drug-likeness (QED) is 0.379. The van der Waals surface area contributed by atoms with Crippen LogP contribution in [0.1, 0.15) is 18.2 Å². The lowest BCUT2D eigenvalue weighted by atomic mass is 10.2. The molecule has 0 aliphatic carbocycles. The van der Waals surface area contributed by atoms with Crippen molar-refractivity contribution in [1.29, 1.82) is 0 Å². The summed E-state index contributed by atoms with van der Waals surface area (Å²) in [6, 6.07) is 12.9. The number of hydrogen-bond acceptors (Lipinski definition) is 3. The van der Waals surface area contributed by atoms with Crippen molar-refractivity contribution in [3.05, 3.63) is 53.9 Å². The molecule has 154 valence electrons. The topological polar surface area (TPSA) is 45.0 Å². The Balaban J connectivity index is 0.00000280. The fraction of sp³-hybridized carbons (Fsp3) is 0.476. The molecule has 0 spiro atoms. The first-order valence-electron chi connectivity index (χ1n) is 9.68. The molecule has 2 aromatic rings. The highest BCUT2D eigenvalue weighted by Crippen LogP contribution is 2.17. The summed E-state index contributed by atoms with van der Waals surface area (Å²) < 4.78 is 7.57. The van der Waals surface area contributed by atoms with E-state index in [1.54, 1.807) is 0 Å². The number of ether oxygens (including phenoxy) is 1. The summed E-state index contributed by atoms with van der Waals surface area (Å²) in [6.07, 6.45) is 2.07. The van der Waals surface area contributed by atoms with Gasteiger partial charge in [-0.3, -0.25) is 0 Å². The molecule has 6 nitrogen and oxygen atoms in total. The van der Waals surface area contributed by atoms with Crippen LogP contribution >= 0.6 is 24.0 Å². The molecule has 1 aromatic heterocycles. The van der Waals surface area contributed by atoms with E-state index in [2.05, 4.69) is 83.3 Å². The molecule has 0 amide bonds. The van der Waals surface area contributed by atoms with Gasteiger partial charge in [0.1, 0.15) is 0 Å². The Morgan fingerprint density at radius 1 is 1.18 bits per heavy atom. The maximum atomic E-state index is 5.43. The molecule has 1 aromatic carbocycles. The van der Waals surface area contributed by atoms with Crippen LogP contribution in [0.25, 0.3) is 0 Å². The van der Waals surface area contributed by atoms with E-state index < -0.39 is 0 Å². The highest BCUT2D eigenvalue weighted by atomic mass is 127. The van der Waals surface area contributed by atoms with Gasteiger partial charge in [0, 0.05) is 51.3 Å². The first-order valence-corrected chi connectivity index (χ1v) is 9.68. The van der Waals surface area contributed by atoms with E-state index in [0.29, 0.717) is 6.54 Å². The monoisotopic (exact) mass is 497 g/mol. The standard InChI is InChI=1S/C21H31N5O.HI/c1-4-22-21(25(3)17-20-6-5-11-24(20)2)23-16-18-7-9-19(10-8-18)26-12-14-27-15-13-26;/h5-11H,4,12-17H2,1-3H3,(H,22,23);1H. The first kappa shape index (κ1) is 22.5. The Morgan fingerprint density at radius 2 is 1.89 bits per heavy atom. The number of aliphatic imine (C=N–C) groups is 1. The van der Waals surface area contributed by atoms with E-state index in [1.807, 2.05) is 0 Å². The number of aryl methyl sites for hydroxylation is 1. The zero-order valence-electron chi connectivity index (χ0n) is 17.1. The van der Waals surface area contributed by atoms with Crippen LogP contribution in [0.4, 0.5) is 5.69 Å². The lowest BCUT2D eigenvalue weighted by molar-refractivity contribution is 0.122. The molecule has 1 saturated heterocycles. The van der Waals surface area contributed by atoms with E-state index in [-0.39, 0.29) is 24.0 Å². The second kappa shape index (κ2) is 11.3. The second-order valence-corrected chi connectivity index (χ2v) is 6.90. The van der Waals surface area contributed by atoms with Crippen LogP contribution in [0, 0.1) is 0 Å². The van der Waals surface area contributed by atoms with Crippen LogP contribution in [-0.4, -0.2) is 55.3 Å². The van der Waals surface area contributed by atoms with Gasteiger partial charge in [-0.15, -0.1) is 24.0 Å². The van der Waals surface area contributed by atoms with E-state index in [0.717, 1.165) is 45.4 Å². The summed E-state index contributed by atoms with van der Waals surface area (Å²) in [5.41, 5.74) is 3.74. The Bertz CT molecular complexity index is 738. The fourth-order valence-electron chi connectivity index (χ4n) is 3.25. The number of morpholine rings is 1. The molecule has 2 heterocycles. The predicted molar refractivity (Wildman–Crippen MR) is 127 cm³/mol. The number of anilines is 1. The third-order valence-electron chi connectivity index (χ3n) is 4.87. The van der Waals surface area contributed by atoms with Crippen LogP contribution in [0.15, 0.2) is 47.6 Å². The summed E-state index contributed by atoms with van der Waals surface area (Å²) >= 11 is 0. The maximum absolute atomic E-state index is 5.43. The van der Waals surface area contributed by atoms with Crippen molar-refractivity contribution in [3.8, 4) is 0 Å². The minimum atomic E-state index is 0. The molecule has 0 radical (unpaired) electrons. The third kappa shape index (κ3) is 6.13. The zero-order valence-corrected chi connectivity index (χ0v) is 19.4. The number of hydrogen-bond donors (Lipinski definition) is 1. The molecule has 3 rings (SSSR count). The van der Waals surface area contributed by atoms with Gasteiger partial charge in [-0.2, -0.15) is 0 Å². The van der Waals surface area contributed by atoms with Gasteiger partial charge in [-0.1, -0.05) is 12.1 Å². The van der Waals surface area contributed by atoms with Crippen LogP contribution in [-0.2, 0) is 24.9 Å². The molecular weight excluding hydrogens is 465 g/mol. The van der Waals surface area contributed by atoms with Crippen molar-refractivity contribution in [2.75, 3.05) is 44.8 Å². The summed E-state index contributed by atoms with van der Waals surface area (Å²) in [5.74, 6) is 0.927. The van der Waals surface area contributed by atoms with Crippen LogP contribution < -0.4 is 10.2 Å². The normalized spacial score (nSPS) is 14.5. The van der Waals surface area contributed by atoms with Crippen molar-refractivity contribution in [2.45, 2.75) is 20.0 Å². The van der Waals surface area contributed by atoms with Crippen LogP contribution in [0.2, 0.25) is 0 Å². The number of halogens is 1. The molecule has 1 fully saturated rings. The van der Waals surface area contributed by atoms with Crippen molar-refractivity contribution in [3.63, 3.8) is 0 Å². The largest absolute Gasteiger partial charge is 0.378 e. The molecule has 1 aliphatic rings. The average molecular weight is 497 g/mol. The number of benzene rings is 1. The zero-order chi connectivity index (χ0) is 19.1. The molecule has 0 unspecified atom stereocenters. The number of guanidine groups is 1. The Morgan fingerprint density at radius 3 is 2.50 bits per heavy atom. The Hall–Kier alpha value is -1.74. The van der Waals surface area contributed by atoms with Gasteiger partial charge < -0.3 is 24.4 Å². The molecule has 1 aliphatic heterocycles. The Kier molecular flexibility index (Phi) is 9.11. The lowest BCUT2D eigenvalue weighted by Gasteiger charge is -2.28. The number of nitrogens with one attached hydrogen (secondary N) is 1. The summed E-state index contributed by atoms with van der Waals surface area (Å²) in [7, 11) is 4.15. The van der Waals surface area contributed by atoms with E-state index in [1.165, 1.54) is 16.9 Å². The lowest BCUT2D eigenvalue weighted by Crippen LogP contribution is -2.38.